The number of benzene rings is 2. The highest BCUT2D eigenvalue weighted by molar-refractivity contribution is 7.80. The number of anilines is 3. The summed E-state index contributed by atoms with van der Waals surface area (Å²) in [5.74, 6) is 0.209. The number of hydrogen-bond donors (Lipinski definition) is 2. The molecule has 0 aliphatic carbocycles. The van der Waals surface area contributed by atoms with Gasteiger partial charge >= 0.3 is 0 Å². The molecule has 2 saturated heterocycles. The van der Waals surface area contributed by atoms with Gasteiger partial charge in [-0.05, 0) is 86.8 Å². The lowest BCUT2D eigenvalue weighted by Crippen LogP contribution is -2.31. The Hall–Kier alpha value is -2.60. The van der Waals surface area contributed by atoms with Crippen molar-refractivity contribution >= 4 is 40.3 Å². The number of hydrogen-bond acceptors (Lipinski definition) is 3. The van der Waals surface area contributed by atoms with E-state index in [2.05, 4.69) is 46.7 Å². The minimum atomic E-state index is 0.111. The van der Waals surface area contributed by atoms with Gasteiger partial charge in [-0.25, -0.2) is 0 Å². The van der Waals surface area contributed by atoms with Gasteiger partial charge in [0.15, 0.2) is 5.11 Å². The number of nitrogens with one attached hydrogen (secondary N) is 2. The van der Waals surface area contributed by atoms with Gasteiger partial charge in [0.05, 0.1) is 6.04 Å². The largest absolute Gasteiger partial charge is 0.372 e. The molecule has 1 amide bonds. The minimum Gasteiger partial charge on any atom is -0.372 e. The van der Waals surface area contributed by atoms with E-state index in [0.29, 0.717) is 11.5 Å². The number of thiocarbonyl (C=S) groups is 1. The molecular weight excluding hydrogens is 392 g/mol. The highest BCUT2D eigenvalue weighted by Gasteiger charge is 2.23. The number of carbonyl (C=O) groups is 1. The zero-order valence-electron chi connectivity index (χ0n) is 17.8. The van der Waals surface area contributed by atoms with Crippen LogP contribution in [0.2, 0.25) is 0 Å². The van der Waals surface area contributed by atoms with Crippen molar-refractivity contribution in [1.82, 2.24) is 5.32 Å². The maximum Gasteiger partial charge on any atom is 0.227 e. The molecule has 2 aliphatic rings. The molecule has 2 aromatic carbocycles. The standard InChI is InChI=1S/C24H30N4OS/c1-17-16-20(9-12-22(17)28-15-5-6-23(28)29)26-24(30)25-18(2)19-7-10-21(11-8-19)27-13-3-4-14-27/h7-12,16,18H,3-6,13-15H2,1-2H3,(H2,25,26,30)/t18-/m1/s1. The Bertz CT molecular complexity index is 921. The lowest BCUT2D eigenvalue weighted by Gasteiger charge is -2.21. The first-order valence-electron chi connectivity index (χ1n) is 10.8. The number of amides is 1. The second-order valence-corrected chi connectivity index (χ2v) is 8.66. The Balaban J connectivity index is 1.34. The third-order valence-electron chi connectivity index (χ3n) is 6.03. The molecule has 2 aromatic rings. The fourth-order valence-electron chi connectivity index (χ4n) is 4.34. The second-order valence-electron chi connectivity index (χ2n) is 8.26. The second kappa shape index (κ2) is 9.04. The summed E-state index contributed by atoms with van der Waals surface area (Å²) in [4.78, 5) is 16.3. The molecule has 158 valence electrons. The lowest BCUT2D eigenvalue weighted by atomic mass is 10.1. The molecule has 2 N–H and O–H groups in total. The average molecular weight is 423 g/mol. The topological polar surface area (TPSA) is 47.6 Å². The number of nitrogens with zero attached hydrogens (tertiary/aromatic N) is 2. The molecule has 0 bridgehead atoms. The molecule has 2 aliphatic heterocycles. The molecule has 6 heteroatoms. The predicted molar refractivity (Wildman–Crippen MR) is 128 cm³/mol. The molecule has 1 atom stereocenters. The third-order valence-corrected chi connectivity index (χ3v) is 6.25. The fraction of sp³-hybridized carbons (Fsp3) is 0.417. The summed E-state index contributed by atoms with van der Waals surface area (Å²) in [6.07, 6.45) is 4.15. The zero-order valence-corrected chi connectivity index (χ0v) is 18.6. The Morgan fingerprint density at radius 2 is 1.77 bits per heavy atom. The van der Waals surface area contributed by atoms with E-state index in [-0.39, 0.29) is 11.9 Å². The van der Waals surface area contributed by atoms with Crippen LogP contribution >= 0.6 is 12.2 Å². The van der Waals surface area contributed by atoms with Crippen LogP contribution in [0.1, 0.15) is 49.8 Å². The zero-order chi connectivity index (χ0) is 21.1. The van der Waals surface area contributed by atoms with E-state index in [1.807, 2.05) is 30.0 Å². The number of rotatable bonds is 5. The van der Waals surface area contributed by atoms with Crippen molar-refractivity contribution in [3.05, 3.63) is 53.6 Å². The van der Waals surface area contributed by atoms with Crippen molar-refractivity contribution in [2.75, 3.05) is 34.8 Å². The monoisotopic (exact) mass is 422 g/mol. The van der Waals surface area contributed by atoms with Crippen molar-refractivity contribution in [2.24, 2.45) is 0 Å². The number of aryl methyl sites for hydroxylation is 1. The van der Waals surface area contributed by atoms with Crippen LogP contribution in [0, 0.1) is 6.92 Å². The summed E-state index contributed by atoms with van der Waals surface area (Å²) in [7, 11) is 0. The molecule has 30 heavy (non-hydrogen) atoms. The van der Waals surface area contributed by atoms with E-state index in [1.54, 1.807) is 0 Å². The summed E-state index contributed by atoms with van der Waals surface area (Å²) in [6, 6.07) is 14.9. The van der Waals surface area contributed by atoms with E-state index >= 15 is 0 Å². The molecule has 0 saturated carbocycles. The predicted octanol–water partition coefficient (Wildman–Crippen LogP) is 4.77. The highest BCUT2D eigenvalue weighted by Crippen LogP contribution is 2.28. The Morgan fingerprint density at radius 1 is 1.03 bits per heavy atom. The first kappa shape index (κ1) is 20.7. The van der Waals surface area contributed by atoms with Crippen molar-refractivity contribution < 1.29 is 4.79 Å². The van der Waals surface area contributed by atoms with Crippen LogP contribution in [0.4, 0.5) is 17.1 Å². The van der Waals surface area contributed by atoms with Crippen molar-refractivity contribution in [3.8, 4) is 0 Å². The lowest BCUT2D eigenvalue weighted by molar-refractivity contribution is -0.117. The first-order valence-corrected chi connectivity index (χ1v) is 11.3. The van der Waals surface area contributed by atoms with Gasteiger partial charge in [0.1, 0.15) is 0 Å². The Morgan fingerprint density at radius 3 is 2.40 bits per heavy atom. The average Bonchev–Trinajstić information content (AvgIpc) is 3.40. The maximum atomic E-state index is 12.0. The van der Waals surface area contributed by atoms with E-state index in [9.17, 15) is 4.79 Å². The van der Waals surface area contributed by atoms with E-state index in [4.69, 9.17) is 12.2 Å². The van der Waals surface area contributed by atoms with Gasteiger partial charge < -0.3 is 20.4 Å². The highest BCUT2D eigenvalue weighted by atomic mass is 32.1. The molecule has 2 fully saturated rings. The van der Waals surface area contributed by atoms with E-state index < -0.39 is 0 Å². The van der Waals surface area contributed by atoms with Gasteiger partial charge in [0.2, 0.25) is 5.91 Å². The molecule has 0 radical (unpaired) electrons. The van der Waals surface area contributed by atoms with Gasteiger partial charge in [0.25, 0.3) is 0 Å². The van der Waals surface area contributed by atoms with Crippen molar-refractivity contribution in [2.45, 2.75) is 45.6 Å². The van der Waals surface area contributed by atoms with Crippen molar-refractivity contribution in [1.29, 1.82) is 0 Å². The molecule has 0 unspecified atom stereocenters. The van der Waals surface area contributed by atoms with Crippen LogP contribution in [0.15, 0.2) is 42.5 Å². The van der Waals surface area contributed by atoms with Gasteiger partial charge in [0, 0.05) is 43.1 Å². The molecule has 0 spiro atoms. The first-order chi connectivity index (χ1) is 14.5. The minimum absolute atomic E-state index is 0.111. The van der Waals surface area contributed by atoms with Crippen LogP contribution in [0.5, 0.6) is 0 Å². The Labute approximate surface area is 184 Å². The van der Waals surface area contributed by atoms with Crippen LogP contribution in [0.3, 0.4) is 0 Å². The number of carbonyl (C=O) groups excluding carboxylic acids is 1. The Kier molecular flexibility index (Phi) is 6.23. The summed E-state index contributed by atoms with van der Waals surface area (Å²) in [6.45, 7) is 7.27. The normalized spacial score (nSPS) is 17.3. The maximum absolute atomic E-state index is 12.0. The van der Waals surface area contributed by atoms with Crippen LogP contribution < -0.4 is 20.4 Å². The SMILES string of the molecule is Cc1cc(NC(=S)N[C@H](C)c2ccc(N3CCCC3)cc2)ccc1N1CCCC1=O. The molecule has 4 rings (SSSR count). The van der Waals surface area contributed by atoms with Crippen molar-refractivity contribution in [3.63, 3.8) is 0 Å². The fourth-order valence-corrected chi connectivity index (χ4v) is 4.63. The summed E-state index contributed by atoms with van der Waals surface area (Å²) < 4.78 is 0. The summed E-state index contributed by atoms with van der Waals surface area (Å²) >= 11 is 5.53. The van der Waals surface area contributed by atoms with Crippen LogP contribution in [-0.2, 0) is 4.79 Å². The van der Waals surface area contributed by atoms with Gasteiger partial charge in [-0.3, -0.25) is 4.79 Å². The molecule has 0 aromatic heterocycles. The summed E-state index contributed by atoms with van der Waals surface area (Å²) in [5.41, 5.74) is 5.51. The smallest absolute Gasteiger partial charge is 0.227 e. The van der Waals surface area contributed by atoms with E-state index in [1.165, 1.54) is 24.1 Å². The molecule has 5 nitrogen and oxygen atoms in total. The van der Waals surface area contributed by atoms with Gasteiger partial charge in [-0.2, -0.15) is 0 Å². The van der Waals surface area contributed by atoms with Crippen LogP contribution in [-0.4, -0.2) is 30.7 Å². The quantitative estimate of drug-likeness (QED) is 0.680. The summed E-state index contributed by atoms with van der Waals surface area (Å²) in [5, 5.41) is 7.24. The van der Waals surface area contributed by atoms with Gasteiger partial charge in [-0.15, -0.1) is 0 Å². The molecule has 2 heterocycles. The van der Waals surface area contributed by atoms with E-state index in [0.717, 1.165) is 43.0 Å². The van der Waals surface area contributed by atoms with Crippen LogP contribution in [0.25, 0.3) is 0 Å². The third kappa shape index (κ3) is 4.59. The molecular formula is C24H30N4OS. The van der Waals surface area contributed by atoms with Gasteiger partial charge in [-0.1, -0.05) is 12.1 Å².